The average Bonchev–Trinajstić information content (AvgIpc) is 3.15. The van der Waals surface area contributed by atoms with Gasteiger partial charge in [-0.15, -0.1) is 11.3 Å². The maximum atomic E-state index is 12.7. The number of carbonyl (C=O) groups excluding carboxylic acids is 2. The Morgan fingerprint density at radius 3 is 2.78 bits per heavy atom. The van der Waals surface area contributed by atoms with Crippen LogP contribution in [0, 0.1) is 0 Å². The summed E-state index contributed by atoms with van der Waals surface area (Å²) in [5.41, 5.74) is 2.36. The highest BCUT2D eigenvalue weighted by Crippen LogP contribution is 2.43. The molecule has 3 rings (SSSR count). The van der Waals surface area contributed by atoms with E-state index in [-0.39, 0.29) is 17.8 Å². The number of carbonyl (C=O) groups is 2. The van der Waals surface area contributed by atoms with Crippen molar-refractivity contribution in [3.05, 3.63) is 45.8 Å². The first-order chi connectivity index (χ1) is 15.5. The van der Waals surface area contributed by atoms with Crippen LogP contribution in [0.5, 0.6) is 11.5 Å². The van der Waals surface area contributed by atoms with Gasteiger partial charge in [-0.3, -0.25) is 4.79 Å². The predicted molar refractivity (Wildman–Crippen MR) is 128 cm³/mol. The van der Waals surface area contributed by atoms with Gasteiger partial charge in [0.25, 0.3) is 0 Å². The minimum atomic E-state index is -0.370. The smallest absolute Gasteiger partial charge is 0.341 e. The molecule has 1 unspecified atom stereocenters. The summed E-state index contributed by atoms with van der Waals surface area (Å²) < 4.78 is 16.4. The van der Waals surface area contributed by atoms with Crippen LogP contribution in [0.15, 0.2) is 24.3 Å². The normalized spacial score (nSPS) is 15.3. The highest BCUT2D eigenvalue weighted by molar-refractivity contribution is 7.17. The van der Waals surface area contributed by atoms with E-state index in [4.69, 9.17) is 14.2 Å². The van der Waals surface area contributed by atoms with Crippen LogP contribution in [0.2, 0.25) is 0 Å². The van der Waals surface area contributed by atoms with E-state index in [1.165, 1.54) is 22.3 Å². The zero-order chi connectivity index (χ0) is 23.1. The van der Waals surface area contributed by atoms with Crippen LogP contribution in [-0.4, -0.2) is 32.2 Å². The summed E-state index contributed by atoms with van der Waals surface area (Å²) in [6.07, 6.45) is 7.12. The number of hydrogen-bond acceptors (Lipinski definition) is 6. The molecule has 1 amide bonds. The lowest BCUT2D eigenvalue weighted by Gasteiger charge is -2.19. The van der Waals surface area contributed by atoms with Crippen LogP contribution in [-0.2, 0) is 16.0 Å². The van der Waals surface area contributed by atoms with Crippen molar-refractivity contribution in [2.75, 3.05) is 25.6 Å². The van der Waals surface area contributed by atoms with Crippen molar-refractivity contribution in [2.24, 2.45) is 0 Å². The molecule has 0 spiro atoms. The Kier molecular flexibility index (Phi) is 8.33. The van der Waals surface area contributed by atoms with E-state index in [9.17, 15) is 9.59 Å². The molecule has 1 aliphatic carbocycles. The van der Waals surface area contributed by atoms with Gasteiger partial charge in [0.15, 0.2) is 11.5 Å². The third-order valence-corrected chi connectivity index (χ3v) is 6.53. The summed E-state index contributed by atoms with van der Waals surface area (Å²) in [6, 6.07) is 5.52. The van der Waals surface area contributed by atoms with E-state index < -0.39 is 0 Å². The summed E-state index contributed by atoms with van der Waals surface area (Å²) in [5.74, 6) is 0.896. The van der Waals surface area contributed by atoms with Crippen LogP contribution in [0.25, 0.3) is 6.08 Å². The third kappa shape index (κ3) is 5.51. The van der Waals surface area contributed by atoms with Gasteiger partial charge in [-0.1, -0.05) is 19.9 Å². The number of fused-ring (bicyclic) bond motifs is 1. The number of ether oxygens (including phenoxy) is 3. The molecule has 0 saturated heterocycles. The molecule has 172 valence electrons. The van der Waals surface area contributed by atoms with Gasteiger partial charge in [0.2, 0.25) is 5.91 Å². The topological polar surface area (TPSA) is 73.9 Å². The Morgan fingerprint density at radius 1 is 1.25 bits per heavy atom. The van der Waals surface area contributed by atoms with Crippen LogP contribution < -0.4 is 14.8 Å². The molecule has 1 aliphatic rings. The Labute approximate surface area is 193 Å². The van der Waals surface area contributed by atoms with Crippen molar-refractivity contribution in [1.82, 2.24) is 0 Å². The summed E-state index contributed by atoms with van der Waals surface area (Å²) in [7, 11) is 1.59. The number of thiophene rings is 1. The molecule has 0 radical (unpaired) electrons. The lowest BCUT2D eigenvalue weighted by atomic mass is 9.86. The number of amides is 1. The SMILES string of the molecule is CCCOc1ccc(/C=C/C(=O)Nc2sc3c(c2C(=O)OCC)C(C)CCC3)cc1OC. The van der Waals surface area contributed by atoms with Crippen LogP contribution >= 0.6 is 11.3 Å². The first-order valence-electron chi connectivity index (χ1n) is 11.1. The summed E-state index contributed by atoms with van der Waals surface area (Å²) in [5, 5.41) is 3.47. The van der Waals surface area contributed by atoms with Crippen molar-refractivity contribution < 1.29 is 23.8 Å². The summed E-state index contributed by atoms with van der Waals surface area (Å²) >= 11 is 1.48. The molecule has 0 bridgehead atoms. The van der Waals surface area contributed by atoms with Gasteiger partial charge in [0.1, 0.15) is 5.00 Å². The molecule has 6 nitrogen and oxygen atoms in total. The van der Waals surface area contributed by atoms with E-state index in [0.29, 0.717) is 35.3 Å². The van der Waals surface area contributed by atoms with Crippen molar-refractivity contribution in [3.8, 4) is 11.5 Å². The Bertz CT molecular complexity index is 994. The molecule has 1 aromatic heterocycles. The fraction of sp³-hybridized carbons (Fsp3) is 0.440. The molecule has 1 atom stereocenters. The van der Waals surface area contributed by atoms with Gasteiger partial charge in [-0.05, 0) is 67.9 Å². The van der Waals surface area contributed by atoms with Crippen molar-refractivity contribution in [3.63, 3.8) is 0 Å². The highest BCUT2D eigenvalue weighted by Gasteiger charge is 2.30. The largest absolute Gasteiger partial charge is 0.493 e. The Hall–Kier alpha value is -2.80. The number of rotatable bonds is 9. The molecule has 1 aromatic carbocycles. The molecule has 32 heavy (non-hydrogen) atoms. The molecule has 2 aromatic rings. The first-order valence-corrected chi connectivity index (χ1v) is 11.9. The predicted octanol–water partition coefficient (Wildman–Crippen LogP) is 5.81. The second-order valence-electron chi connectivity index (χ2n) is 7.74. The quantitative estimate of drug-likeness (QED) is 0.380. The fourth-order valence-corrected chi connectivity index (χ4v) is 5.20. The highest BCUT2D eigenvalue weighted by atomic mass is 32.1. The minimum absolute atomic E-state index is 0.275. The standard InChI is InChI=1S/C25H31NO5S/c1-5-14-31-18-12-10-17(15-19(18)29-4)11-13-21(27)26-24-23(25(28)30-6-2)22-16(3)8-7-9-20(22)32-24/h10-13,15-16H,5-9,14H2,1-4H3,(H,26,27)/b13-11+. The molecule has 1 N–H and O–H groups in total. The second kappa shape index (κ2) is 11.2. The van der Waals surface area contributed by atoms with E-state index in [1.807, 2.05) is 25.1 Å². The van der Waals surface area contributed by atoms with E-state index in [2.05, 4.69) is 12.2 Å². The van der Waals surface area contributed by atoms with Crippen LogP contribution in [0.1, 0.15) is 72.3 Å². The molecule has 7 heteroatoms. The summed E-state index contributed by atoms with van der Waals surface area (Å²) in [6.45, 7) is 6.86. The number of anilines is 1. The lowest BCUT2D eigenvalue weighted by Crippen LogP contribution is -2.15. The monoisotopic (exact) mass is 457 g/mol. The number of esters is 1. The molecule has 1 heterocycles. The number of benzene rings is 1. The summed E-state index contributed by atoms with van der Waals surface area (Å²) in [4.78, 5) is 26.5. The number of aryl methyl sites for hydroxylation is 1. The Morgan fingerprint density at radius 2 is 2.06 bits per heavy atom. The van der Waals surface area contributed by atoms with Crippen molar-refractivity contribution >= 4 is 34.3 Å². The molecular formula is C25H31NO5S. The second-order valence-corrected chi connectivity index (χ2v) is 8.84. The maximum Gasteiger partial charge on any atom is 0.341 e. The number of nitrogens with one attached hydrogen (secondary N) is 1. The van der Waals surface area contributed by atoms with Crippen molar-refractivity contribution in [1.29, 1.82) is 0 Å². The third-order valence-electron chi connectivity index (χ3n) is 5.35. The van der Waals surface area contributed by atoms with Crippen LogP contribution in [0.4, 0.5) is 5.00 Å². The van der Waals surface area contributed by atoms with E-state index >= 15 is 0 Å². The minimum Gasteiger partial charge on any atom is -0.493 e. The van der Waals surface area contributed by atoms with Gasteiger partial charge >= 0.3 is 5.97 Å². The zero-order valence-electron chi connectivity index (χ0n) is 19.2. The molecule has 0 fully saturated rings. The van der Waals surface area contributed by atoms with Gasteiger partial charge in [0.05, 0.1) is 25.9 Å². The van der Waals surface area contributed by atoms with Gasteiger partial charge in [0, 0.05) is 11.0 Å². The molecular weight excluding hydrogens is 426 g/mol. The fourth-order valence-electron chi connectivity index (χ4n) is 3.85. The van der Waals surface area contributed by atoms with E-state index in [1.54, 1.807) is 20.1 Å². The first kappa shape index (κ1) is 23.9. The van der Waals surface area contributed by atoms with E-state index in [0.717, 1.165) is 36.8 Å². The van der Waals surface area contributed by atoms with Gasteiger partial charge in [-0.25, -0.2) is 4.79 Å². The number of hydrogen-bond donors (Lipinski definition) is 1. The lowest BCUT2D eigenvalue weighted by molar-refractivity contribution is -0.111. The Balaban J connectivity index is 1.79. The van der Waals surface area contributed by atoms with Gasteiger partial charge in [-0.2, -0.15) is 0 Å². The van der Waals surface area contributed by atoms with Crippen molar-refractivity contribution in [2.45, 2.75) is 52.4 Å². The average molecular weight is 458 g/mol. The van der Waals surface area contributed by atoms with Gasteiger partial charge < -0.3 is 19.5 Å². The van der Waals surface area contributed by atoms with Crippen LogP contribution in [0.3, 0.4) is 0 Å². The maximum absolute atomic E-state index is 12.7. The molecule has 0 saturated carbocycles. The number of methoxy groups -OCH3 is 1. The zero-order valence-corrected chi connectivity index (χ0v) is 20.0. The molecule has 0 aliphatic heterocycles.